The summed E-state index contributed by atoms with van der Waals surface area (Å²) >= 11 is 0. The maximum atomic E-state index is 13.0. The lowest BCUT2D eigenvalue weighted by molar-refractivity contribution is -0.119. The largest absolute Gasteiger partial charge is 0.452 e. The van der Waals surface area contributed by atoms with E-state index in [0.717, 1.165) is 36.6 Å². The van der Waals surface area contributed by atoms with Crippen LogP contribution in [0, 0.1) is 6.92 Å². The number of amides is 2. The van der Waals surface area contributed by atoms with Crippen molar-refractivity contribution in [3.8, 4) is 0 Å². The molecule has 1 aliphatic carbocycles. The molecule has 3 aromatic rings. The Labute approximate surface area is 204 Å². The van der Waals surface area contributed by atoms with E-state index in [2.05, 4.69) is 15.6 Å². The third kappa shape index (κ3) is 5.66. The normalized spacial score (nSPS) is 13.5. The van der Waals surface area contributed by atoms with E-state index in [1.807, 2.05) is 31.2 Å². The van der Waals surface area contributed by atoms with Crippen LogP contribution in [0.25, 0.3) is 10.9 Å². The standard InChI is InChI=1S/C27H29N3O5/c1-17-19-11-5-7-13-21(19)29-23(15-34-2)25(17)27(33)35-16-24(31)30-22-14-8-6-12-20(22)26(32)28-18-9-3-4-10-18/h5-8,11-14,18H,3-4,9-10,15-16H2,1-2H3,(H,28,32)(H,30,31). The Hall–Kier alpha value is -3.78. The Balaban J connectivity index is 1.45. The van der Waals surface area contributed by atoms with Gasteiger partial charge in [-0.3, -0.25) is 9.59 Å². The van der Waals surface area contributed by atoms with Crippen LogP contribution in [-0.4, -0.2) is 42.5 Å². The Bertz CT molecular complexity index is 1250. The second-order valence-corrected chi connectivity index (χ2v) is 8.63. The molecule has 0 unspecified atom stereocenters. The van der Waals surface area contributed by atoms with Crippen molar-refractivity contribution in [2.24, 2.45) is 0 Å². The predicted octanol–water partition coefficient (Wildman–Crippen LogP) is 4.16. The van der Waals surface area contributed by atoms with E-state index in [9.17, 15) is 14.4 Å². The first kappa shape index (κ1) is 24.3. The molecule has 2 N–H and O–H groups in total. The van der Waals surface area contributed by atoms with Gasteiger partial charge in [0, 0.05) is 18.5 Å². The van der Waals surface area contributed by atoms with E-state index in [4.69, 9.17) is 9.47 Å². The summed E-state index contributed by atoms with van der Waals surface area (Å²) in [7, 11) is 1.52. The number of methoxy groups -OCH3 is 1. The highest BCUT2D eigenvalue weighted by Gasteiger charge is 2.22. The van der Waals surface area contributed by atoms with Crippen LogP contribution >= 0.6 is 0 Å². The van der Waals surface area contributed by atoms with Gasteiger partial charge in [0.15, 0.2) is 6.61 Å². The molecule has 0 bridgehead atoms. The van der Waals surface area contributed by atoms with Gasteiger partial charge in [0.1, 0.15) is 0 Å². The van der Waals surface area contributed by atoms with Crippen molar-refractivity contribution in [3.63, 3.8) is 0 Å². The number of carbonyl (C=O) groups excluding carboxylic acids is 3. The summed E-state index contributed by atoms with van der Waals surface area (Å²) in [5.41, 5.74) is 2.93. The predicted molar refractivity (Wildman–Crippen MR) is 132 cm³/mol. The number of nitrogens with one attached hydrogen (secondary N) is 2. The third-order valence-corrected chi connectivity index (χ3v) is 6.18. The van der Waals surface area contributed by atoms with Crippen molar-refractivity contribution >= 4 is 34.4 Å². The molecule has 1 saturated carbocycles. The van der Waals surface area contributed by atoms with Crippen LogP contribution in [-0.2, 0) is 20.9 Å². The smallest absolute Gasteiger partial charge is 0.340 e. The lowest BCUT2D eigenvalue weighted by Gasteiger charge is -2.16. The first-order valence-corrected chi connectivity index (χ1v) is 11.7. The molecule has 0 radical (unpaired) electrons. The highest BCUT2D eigenvalue weighted by Crippen LogP contribution is 2.24. The molecule has 0 spiro atoms. The van der Waals surface area contributed by atoms with Crippen LogP contribution in [0.2, 0.25) is 0 Å². The molecule has 2 amide bonds. The molecule has 1 heterocycles. The molecule has 1 aromatic heterocycles. The average molecular weight is 476 g/mol. The van der Waals surface area contributed by atoms with Crippen molar-refractivity contribution in [2.75, 3.05) is 19.0 Å². The molecule has 4 rings (SSSR count). The van der Waals surface area contributed by atoms with Gasteiger partial charge in [0.25, 0.3) is 11.8 Å². The fraction of sp³-hybridized carbons (Fsp3) is 0.333. The van der Waals surface area contributed by atoms with E-state index >= 15 is 0 Å². The van der Waals surface area contributed by atoms with E-state index in [1.165, 1.54) is 7.11 Å². The topological polar surface area (TPSA) is 107 Å². The first-order chi connectivity index (χ1) is 17.0. The van der Waals surface area contributed by atoms with E-state index < -0.39 is 18.5 Å². The van der Waals surface area contributed by atoms with E-state index in [0.29, 0.717) is 22.5 Å². The number of carbonyl (C=O) groups is 3. The van der Waals surface area contributed by atoms with Crippen LogP contribution in [0.1, 0.15) is 57.7 Å². The zero-order valence-corrected chi connectivity index (χ0v) is 19.9. The molecule has 8 heteroatoms. The molecule has 0 atom stereocenters. The number of benzene rings is 2. The molecule has 1 fully saturated rings. The Morgan fingerprint density at radius 2 is 1.74 bits per heavy atom. The number of hydrogen-bond acceptors (Lipinski definition) is 6. The minimum atomic E-state index is -0.657. The molecular weight excluding hydrogens is 446 g/mol. The first-order valence-electron chi connectivity index (χ1n) is 11.7. The number of fused-ring (bicyclic) bond motifs is 1. The molecule has 0 aliphatic heterocycles. The summed E-state index contributed by atoms with van der Waals surface area (Å²) in [6, 6.07) is 14.4. The highest BCUT2D eigenvalue weighted by molar-refractivity contribution is 6.05. The van der Waals surface area contributed by atoms with Crippen molar-refractivity contribution in [3.05, 3.63) is 70.9 Å². The van der Waals surface area contributed by atoms with Crippen LogP contribution < -0.4 is 10.6 Å². The van der Waals surface area contributed by atoms with Gasteiger partial charge >= 0.3 is 5.97 Å². The number of ether oxygens (including phenoxy) is 2. The average Bonchev–Trinajstić information content (AvgIpc) is 3.36. The van der Waals surface area contributed by atoms with Crippen LogP contribution in [0.3, 0.4) is 0 Å². The van der Waals surface area contributed by atoms with E-state index in [-0.39, 0.29) is 24.1 Å². The van der Waals surface area contributed by atoms with E-state index in [1.54, 1.807) is 24.3 Å². The van der Waals surface area contributed by atoms with Crippen LogP contribution in [0.5, 0.6) is 0 Å². The molecule has 35 heavy (non-hydrogen) atoms. The fourth-order valence-corrected chi connectivity index (χ4v) is 4.47. The summed E-state index contributed by atoms with van der Waals surface area (Å²) in [6.45, 7) is 1.45. The van der Waals surface area contributed by atoms with Gasteiger partial charge in [-0.15, -0.1) is 0 Å². The summed E-state index contributed by atoms with van der Waals surface area (Å²) in [5.74, 6) is -1.43. The van der Waals surface area contributed by atoms with Crippen molar-refractivity contribution < 1.29 is 23.9 Å². The van der Waals surface area contributed by atoms with Gasteiger partial charge in [0.2, 0.25) is 0 Å². The van der Waals surface area contributed by atoms with Crippen LogP contribution in [0.4, 0.5) is 5.69 Å². The maximum absolute atomic E-state index is 13.0. The highest BCUT2D eigenvalue weighted by atomic mass is 16.5. The van der Waals surface area contributed by atoms with Crippen molar-refractivity contribution in [1.29, 1.82) is 0 Å². The minimum absolute atomic E-state index is 0.131. The summed E-state index contributed by atoms with van der Waals surface area (Å²) in [4.78, 5) is 42.9. The number of esters is 1. The van der Waals surface area contributed by atoms with Gasteiger partial charge < -0.3 is 20.1 Å². The zero-order valence-electron chi connectivity index (χ0n) is 19.9. The number of anilines is 1. The molecule has 2 aromatic carbocycles. The van der Waals surface area contributed by atoms with Gasteiger partial charge in [-0.25, -0.2) is 9.78 Å². The van der Waals surface area contributed by atoms with Gasteiger partial charge in [-0.1, -0.05) is 43.2 Å². The molecule has 8 nitrogen and oxygen atoms in total. The second-order valence-electron chi connectivity index (χ2n) is 8.63. The zero-order chi connectivity index (χ0) is 24.8. The second kappa shape index (κ2) is 11.1. The van der Waals surface area contributed by atoms with Gasteiger partial charge in [-0.05, 0) is 43.5 Å². The lowest BCUT2D eigenvalue weighted by atomic mass is 10.0. The minimum Gasteiger partial charge on any atom is -0.452 e. The molecule has 0 saturated heterocycles. The Morgan fingerprint density at radius 1 is 1.03 bits per heavy atom. The molecule has 182 valence electrons. The molecule has 1 aliphatic rings. The number of para-hydroxylation sites is 2. The summed E-state index contributed by atoms with van der Waals surface area (Å²) in [6.07, 6.45) is 4.13. The lowest BCUT2D eigenvalue weighted by Crippen LogP contribution is -2.33. The quantitative estimate of drug-likeness (QED) is 0.474. The maximum Gasteiger partial charge on any atom is 0.340 e. The number of aryl methyl sites for hydroxylation is 1. The Morgan fingerprint density at radius 3 is 2.51 bits per heavy atom. The fourth-order valence-electron chi connectivity index (χ4n) is 4.47. The number of hydrogen-bond donors (Lipinski definition) is 2. The third-order valence-electron chi connectivity index (χ3n) is 6.18. The number of aromatic nitrogens is 1. The number of nitrogens with zero attached hydrogens (tertiary/aromatic N) is 1. The number of rotatable bonds is 8. The SMILES string of the molecule is COCc1nc2ccccc2c(C)c1C(=O)OCC(=O)Nc1ccccc1C(=O)NC1CCCC1. The monoisotopic (exact) mass is 475 g/mol. The van der Waals surface area contributed by atoms with Gasteiger partial charge in [0.05, 0.1) is 34.6 Å². The van der Waals surface area contributed by atoms with Crippen molar-refractivity contribution in [2.45, 2.75) is 45.3 Å². The van der Waals surface area contributed by atoms with Gasteiger partial charge in [-0.2, -0.15) is 0 Å². The summed E-state index contributed by atoms with van der Waals surface area (Å²) in [5, 5.41) is 6.54. The van der Waals surface area contributed by atoms with Crippen LogP contribution in [0.15, 0.2) is 48.5 Å². The molecular formula is C27H29N3O5. The Kier molecular flexibility index (Phi) is 7.72. The van der Waals surface area contributed by atoms with Crippen molar-refractivity contribution in [1.82, 2.24) is 10.3 Å². The summed E-state index contributed by atoms with van der Waals surface area (Å²) < 4.78 is 10.6. The number of pyridine rings is 1.